The fourth-order valence-electron chi connectivity index (χ4n) is 2.49. The van der Waals surface area contributed by atoms with Crippen molar-refractivity contribution in [1.29, 1.82) is 0 Å². The Bertz CT molecular complexity index is 637. The number of hydrogen-bond acceptors (Lipinski definition) is 2. The maximum atomic E-state index is 11.8. The summed E-state index contributed by atoms with van der Waals surface area (Å²) in [4.78, 5) is 14.2. The first kappa shape index (κ1) is 18.1. The highest BCUT2D eigenvalue weighted by molar-refractivity contribution is 6.30. The molecule has 0 atom stereocenters. The number of benzene rings is 2. The van der Waals surface area contributed by atoms with E-state index >= 15 is 0 Å². The zero-order valence-corrected chi connectivity index (χ0v) is 14.9. The Balaban J connectivity index is 1.77. The highest BCUT2D eigenvalue weighted by Gasteiger charge is 2.03. The molecule has 0 saturated heterocycles. The minimum atomic E-state index is -0.211. The molecular weight excluding hydrogens is 322 g/mol. The van der Waals surface area contributed by atoms with Gasteiger partial charge in [-0.05, 0) is 62.2 Å². The molecule has 2 aromatic rings. The molecule has 0 aliphatic heterocycles. The number of carbonyl (C=O) groups excluding carboxylic acids is 1. The lowest BCUT2D eigenvalue weighted by Crippen LogP contribution is -2.30. The number of urea groups is 1. The number of anilines is 2. The van der Waals surface area contributed by atoms with Crippen LogP contribution < -0.4 is 15.5 Å². The summed E-state index contributed by atoms with van der Waals surface area (Å²) in [6.45, 7) is 6.90. The lowest BCUT2D eigenvalue weighted by atomic mass is 10.1. The second-order valence-electron chi connectivity index (χ2n) is 5.48. The highest BCUT2D eigenvalue weighted by atomic mass is 35.5. The Morgan fingerprint density at radius 1 is 1.00 bits per heavy atom. The van der Waals surface area contributed by atoms with Crippen molar-refractivity contribution in [3.05, 3.63) is 59.1 Å². The molecule has 4 nitrogen and oxygen atoms in total. The first-order valence-electron chi connectivity index (χ1n) is 8.26. The van der Waals surface area contributed by atoms with E-state index in [-0.39, 0.29) is 6.03 Å². The van der Waals surface area contributed by atoms with Gasteiger partial charge in [0.05, 0.1) is 0 Å². The molecule has 2 amide bonds. The average molecular weight is 346 g/mol. The third kappa shape index (κ3) is 5.46. The Hall–Kier alpha value is -2.20. The monoisotopic (exact) mass is 345 g/mol. The number of carbonyl (C=O) groups is 1. The van der Waals surface area contributed by atoms with Gasteiger partial charge in [0.2, 0.25) is 0 Å². The van der Waals surface area contributed by atoms with Gasteiger partial charge in [0.25, 0.3) is 0 Å². The van der Waals surface area contributed by atoms with E-state index in [1.54, 1.807) is 24.3 Å². The molecule has 0 saturated carbocycles. The molecule has 0 heterocycles. The van der Waals surface area contributed by atoms with Crippen LogP contribution in [0.15, 0.2) is 48.5 Å². The van der Waals surface area contributed by atoms with Gasteiger partial charge >= 0.3 is 6.03 Å². The smallest absolute Gasteiger partial charge is 0.319 e. The molecular formula is C19H24ClN3O. The molecule has 0 bridgehead atoms. The summed E-state index contributed by atoms with van der Waals surface area (Å²) in [7, 11) is 0. The zero-order chi connectivity index (χ0) is 17.4. The third-order valence-corrected chi connectivity index (χ3v) is 4.12. The van der Waals surface area contributed by atoms with Crippen molar-refractivity contribution in [2.45, 2.75) is 20.3 Å². The van der Waals surface area contributed by atoms with E-state index in [2.05, 4.69) is 53.6 Å². The molecule has 2 rings (SSSR count). The third-order valence-electron chi connectivity index (χ3n) is 3.87. The summed E-state index contributed by atoms with van der Waals surface area (Å²) in [5, 5.41) is 6.29. The summed E-state index contributed by atoms with van der Waals surface area (Å²) < 4.78 is 0. The van der Waals surface area contributed by atoms with E-state index in [1.807, 2.05) is 0 Å². The van der Waals surface area contributed by atoms with Crippen LogP contribution in [-0.4, -0.2) is 25.7 Å². The fourth-order valence-corrected chi connectivity index (χ4v) is 2.62. The van der Waals surface area contributed by atoms with E-state index in [1.165, 1.54) is 11.3 Å². The molecule has 0 aromatic heterocycles. The van der Waals surface area contributed by atoms with Gasteiger partial charge in [-0.3, -0.25) is 0 Å². The molecule has 0 aliphatic rings. The number of rotatable bonds is 7. The predicted octanol–water partition coefficient (Wildman–Crippen LogP) is 4.55. The molecule has 0 radical (unpaired) electrons. The van der Waals surface area contributed by atoms with Crippen molar-refractivity contribution in [2.24, 2.45) is 0 Å². The van der Waals surface area contributed by atoms with Gasteiger partial charge in [-0.25, -0.2) is 4.79 Å². The standard InChI is InChI=1S/C19H24ClN3O/c1-3-23(4-2)18-11-5-15(6-12-18)13-14-21-19(24)22-17-9-7-16(20)8-10-17/h5-12H,3-4,13-14H2,1-2H3,(H2,21,22,24). The molecule has 5 heteroatoms. The van der Waals surface area contributed by atoms with Crippen LogP contribution >= 0.6 is 11.6 Å². The van der Waals surface area contributed by atoms with E-state index in [9.17, 15) is 4.79 Å². The predicted molar refractivity (Wildman–Crippen MR) is 102 cm³/mol. The molecule has 2 aromatic carbocycles. The number of amides is 2. The molecule has 0 unspecified atom stereocenters. The normalized spacial score (nSPS) is 10.3. The van der Waals surface area contributed by atoms with Crippen LogP contribution in [0, 0.1) is 0 Å². The van der Waals surface area contributed by atoms with Gasteiger partial charge in [-0.1, -0.05) is 23.7 Å². The Morgan fingerprint density at radius 2 is 1.62 bits per heavy atom. The number of nitrogens with zero attached hydrogens (tertiary/aromatic N) is 1. The Kier molecular flexibility index (Phi) is 6.94. The quantitative estimate of drug-likeness (QED) is 0.773. The number of nitrogens with one attached hydrogen (secondary N) is 2. The van der Waals surface area contributed by atoms with Crippen molar-refractivity contribution in [3.8, 4) is 0 Å². The van der Waals surface area contributed by atoms with Gasteiger partial charge in [0.15, 0.2) is 0 Å². The summed E-state index contributed by atoms with van der Waals surface area (Å²) in [5.41, 5.74) is 3.16. The van der Waals surface area contributed by atoms with Crippen LogP contribution in [0.2, 0.25) is 5.02 Å². The van der Waals surface area contributed by atoms with Crippen molar-refractivity contribution in [1.82, 2.24) is 5.32 Å². The first-order valence-corrected chi connectivity index (χ1v) is 8.64. The molecule has 2 N–H and O–H groups in total. The van der Waals surface area contributed by atoms with E-state index in [0.717, 1.165) is 25.2 Å². The number of hydrogen-bond donors (Lipinski definition) is 2. The lowest BCUT2D eigenvalue weighted by Gasteiger charge is -2.21. The Morgan fingerprint density at radius 3 is 2.21 bits per heavy atom. The second kappa shape index (κ2) is 9.18. The van der Waals surface area contributed by atoms with Crippen LogP contribution in [0.4, 0.5) is 16.2 Å². The van der Waals surface area contributed by atoms with E-state index < -0.39 is 0 Å². The van der Waals surface area contributed by atoms with Crippen LogP contribution in [0.5, 0.6) is 0 Å². The van der Waals surface area contributed by atoms with Gasteiger partial charge < -0.3 is 15.5 Å². The SMILES string of the molecule is CCN(CC)c1ccc(CCNC(=O)Nc2ccc(Cl)cc2)cc1. The topological polar surface area (TPSA) is 44.4 Å². The van der Waals surface area contributed by atoms with Gasteiger partial charge in [-0.15, -0.1) is 0 Å². The summed E-state index contributed by atoms with van der Waals surface area (Å²) in [5.74, 6) is 0. The zero-order valence-electron chi connectivity index (χ0n) is 14.2. The van der Waals surface area contributed by atoms with Gasteiger partial charge in [-0.2, -0.15) is 0 Å². The van der Waals surface area contributed by atoms with Crippen molar-refractivity contribution in [3.63, 3.8) is 0 Å². The molecule has 0 spiro atoms. The van der Waals surface area contributed by atoms with E-state index in [0.29, 0.717) is 11.6 Å². The summed E-state index contributed by atoms with van der Waals surface area (Å²) in [6, 6.07) is 15.3. The lowest BCUT2D eigenvalue weighted by molar-refractivity contribution is 0.252. The van der Waals surface area contributed by atoms with Crippen LogP contribution in [0.1, 0.15) is 19.4 Å². The van der Waals surface area contributed by atoms with E-state index in [4.69, 9.17) is 11.6 Å². The van der Waals surface area contributed by atoms with Crippen LogP contribution in [0.3, 0.4) is 0 Å². The van der Waals surface area contributed by atoms with Gasteiger partial charge in [0, 0.05) is 36.0 Å². The highest BCUT2D eigenvalue weighted by Crippen LogP contribution is 2.15. The molecule has 128 valence electrons. The number of halogens is 1. The van der Waals surface area contributed by atoms with Crippen molar-refractivity contribution in [2.75, 3.05) is 29.9 Å². The molecule has 0 aliphatic carbocycles. The minimum absolute atomic E-state index is 0.211. The van der Waals surface area contributed by atoms with Crippen LogP contribution in [0.25, 0.3) is 0 Å². The first-order chi connectivity index (χ1) is 11.6. The molecule has 24 heavy (non-hydrogen) atoms. The maximum absolute atomic E-state index is 11.8. The maximum Gasteiger partial charge on any atom is 0.319 e. The average Bonchev–Trinajstić information content (AvgIpc) is 2.59. The van der Waals surface area contributed by atoms with Crippen LogP contribution in [-0.2, 0) is 6.42 Å². The second-order valence-corrected chi connectivity index (χ2v) is 5.91. The summed E-state index contributed by atoms with van der Waals surface area (Å²) >= 11 is 5.82. The molecule has 0 fully saturated rings. The summed E-state index contributed by atoms with van der Waals surface area (Å²) in [6.07, 6.45) is 0.798. The largest absolute Gasteiger partial charge is 0.372 e. The van der Waals surface area contributed by atoms with Gasteiger partial charge in [0.1, 0.15) is 0 Å². The fraction of sp³-hybridized carbons (Fsp3) is 0.316. The van der Waals surface area contributed by atoms with Crippen molar-refractivity contribution >= 4 is 29.0 Å². The minimum Gasteiger partial charge on any atom is -0.372 e. The van der Waals surface area contributed by atoms with Crippen molar-refractivity contribution < 1.29 is 4.79 Å². The Labute approximate surface area is 148 Å².